The number of methoxy groups -OCH3 is 1. The van der Waals surface area contributed by atoms with E-state index in [1.807, 2.05) is 9.95 Å². The first-order valence-corrected chi connectivity index (χ1v) is 12.7. The molecule has 7 nitrogen and oxygen atoms in total. The fraction of sp³-hybridized carbons (Fsp3) is 0.789. The average Bonchev–Trinajstić information content (AvgIpc) is 2.98. The van der Waals surface area contributed by atoms with Crippen molar-refractivity contribution in [3.63, 3.8) is 0 Å². The van der Waals surface area contributed by atoms with Gasteiger partial charge < -0.3 is 9.30 Å². The van der Waals surface area contributed by atoms with Crippen LogP contribution in [0.15, 0.2) is 10.4 Å². The molecule has 0 aromatic carbocycles. The van der Waals surface area contributed by atoms with Gasteiger partial charge in [0.1, 0.15) is 0 Å². The van der Waals surface area contributed by atoms with Gasteiger partial charge in [0.15, 0.2) is 4.80 Å². The molecule has 0 spiro atoms. The summed E-state index contributed by atoms with van der Waals surface area (Å²) >= 11 is 1.39. The summed E-state index contributed by atoms with van der Waals surface area (Å²) in [4.78, 5) is 18.5. The molecule has 0 saturated heterocycles. The van der Waals surface area contributed by atoms with Gasteiger partial charge in [-0.15, -0.1) is 11.3 Å². The SMILES string of the molecule is COCCn1c(CNS(C)(=O)=O)cs/c1=N\C(=O)C12CC3CC(CC(C3)C1)C2. The molecule has 0 atom stereocenters. The second kappa shape index (κ2) is 7.66. The van der Waals surface area contributed by atoms with Crippen LogP contribution in [0.1, 0.15) is 44.2 Å². The largest absolute Gasteiger partial charge is 0.383 e. The zero-order chi connectivity index (χ0) is 19.9. The molecule has 1 N–H and O–H groups in total. The van der Waals surface area contributed by atoms with Gasteiger partial charge in [0.05, 0.1) is 24.8 Å². The van der Waals surface area contributed by atoms with Crippen molar-refractivity contribution >= 4 is 27.3 Å². The van der Waals surface area contributed by atoms with Crippen LogP contribution in [0.5, 0.6) is 0 Å². The Balaban J connectivity index is 1.61. The number of aromatic nitrogens is 1. The Kier molecular flexibility index (Phi) is 5.54. The fourth-order valence-corrected chi connectivity index (χ4v) is 7.13. The van der Waals surface area contributed by atoms with E-state index in [0.29, 0.717) is 35.7 Å². The second-order valence-corrected chi connectivity index (χ2v) is 11.5. The lowest BCUT2D eigenvalue weighted by molar-refractivity contribution is -0.142. The lowest BCUT2D eigenvalue weighted by Crippen LogP contribution is -2.50. The number of hydrogen-bond donors (Lipinski definition) is 1. The number of hydrogen-bond acceptors (Lipinski definition) is 5. The molecule has 4 saturated carbocycles. The summed E-state index contributed by atoms with van der Waals surface area (Å²) in [7, 11) is -1.67. The molecule has 5 rings (SSSR count). The molecule has 1 heterocycles. The minimum absolute atomic E-state index is 0.0299. The predicted molar refractivity (Wildman–Crippen MR) is 107 cm³/mol. The Morgan fingerprint density at radius 1 is 1.29 bits per heavy atom. The van der Waals surface area contributed by atoms with Crippen LogP contribution >= 0.6 is 11.3 Å². The van der Waals surface area contributed by atoms with Gasteiger partial charge in [-0.05, 0) is 56.3 Å². The second-order valence-electron chi connectivity index (χ2n) is 8.86. The van der Waals surface area contributed by atoms with Crippen molar-refractivity contribution in [2.45, 2.75) is 51.6 Å². The molecular formula is C19H29N3O4S2. The fourth-order valence-electron chi connectivity index (χ4n) is 5.80. The van der Waals surface area contributed by atoms with E-state index in [1.165, 1.54) is 30.6 Å². The summed E-state index contributed by atoms with van der Waals surface area (Å²) in [6.07, 6.45) is 8.00. The van der Waals surface area contributed by atoms with E-state index in [9.17, 15) is 13.2 Å². The highest BCUT2D eigenvalue weighted by Crippen LogP contribution is 2.60. The number of nitrogens with one attached hydrogen (secondary N) is 1. The number of carbonyl (C=O) groups is 1. The molecule has 0 unspecified atom stereocenters. The molecule has 1 aromatic rings. The van der Waals surface area contributed by atoms with Crippen molar-refractivity contribution in [2.75, 3.05) is 20.0 Å². The van der Waals surface area contributed by atoms with Gasteiger partial charge in [0.2, 0.25) is 10.0 Å². The lowest BCUT2D eigenvalue weighted by atomic mass is 9.49. The number of nitrogens with zero attached hydrogens (tertiary/aromatic N) is 2. The zero-order valence-corrected chi connectivity index (χ0v) is 18.2. The number of carbonyl (C=O) groups excluding carboxylic acids is 1. The molecule has 156 valence electrons. The quantitative estimate of drug-likeness (QED) is 0.720. The third-order valence-corrected chi connectivity index (χ3v) is 8.18. The monoisotopic (exact) mass is 427 g/mol. The van der Waals surface area contributed by atoms with Crippen LogP contribution in [0.3, 0.4) is 0 Å². The van der Waals surface area contributed by atoms with Crippen LogP contribution in [-0.2, 0) is 32.6 Å². The van der Waals surface area contributed by atoms with E-state index in [2.05, 4.69) is 9.71 Å². The van der Waals surface area contributed by atoms with Crippen LogP contribution in [0.25, 0.3) is 0 Å². The third-order valence-electron chi connectivity index (χ3n) is 6.60. The number of thiazole rings is 1. The van der Waals surface area contributed by atoms with Crippen molar-refractivity contribution < 1.29 is 17.9 Å². The van der Waals surface area contributed by atoms with Crippen LogP contribution in [0.2, 0.25) is 0 Å². The maximum absolute atomic E-state index is 13.3. The molecule has 4 aliphatic carbocycles. The molecule has 4 fully saturated rings. The van der Waals surface area contributed by atoms with Crippen molar-refractivity contribution in [2.24, 2.45) is 28.2 Å². The van der Waals surface area contributed by atoms with Gasteiger partial charge in [-0.3, -0.25) is 4.79 Å². The minimum atomic E-state index is -3.29. The normalized spacial score (nSPS) is 32.2. The van der Waals surface area contributed by atoms with Gasteiger partial charge in [-0.2, -0.15) is 4.99 Å². The van der Waals surface area contributed by atoms with Gasteiger partial charge in [0, 0.05) is 24.7 Å². The van der Waals surface area contributed by atoms with Gasteiger partial charge in [-0.1, -0.05) is 0 Å². The average molecular weight is 428 g/mol. The van der Waals surface area contributed by atoms with Crippen molar-refractivity contribution in [1.82, 2.24) is 9.29 Å². The molecular weight excluding hydrogens is 398 g/mol. The lowest BCUT2D eigenvalue weighted by Gasteiger charge is -2.55. The van der Waals surface area contributed by atoms with Crippen molar-refractivity contribution in [3.8, 4) is 0 Å². The van der Waals surface area contributed by atoms with Gasteiger partial charge >= 0.3 is 0 Å². The molecule has 4 aliphatic rings. The van der Waals surface area contributed by atoms with Gasteiger partial charge in [0.25, 0.3) is 5.91 Å². The first-order valence-electron chi connectivity index (χ1n) is 9.98. The van der Waals surface area contributed by atoms with Crippen LogP contribution < -0.4 is 9.52 Å². The molecule has 1 aromatic heterocycles. The van der Waals surface area contributed by atoms with E-state index in [0.717, 1.165) is 31.2 Å². The summed E-state index contributed by atoms with van der Waals surface area (Å²) in [5.41, 5.74) is 0.535. The predicted octanol–water partition coefficient (Wildman–Crippen LogP) is 1.89. The van der Waals surface area contributed by atoms with Crippen molar-refractivity contribution in [3.05, 3.63) is 15.9 Å². The first-order chi connectivity index (χ1) is 13.3. The number of ether oxygens (including phenoxy) is 1. The molecule has 0 aliphatic heterocycles. The Morgan fingerprint density at radius 2 is 1.89 bits per heavy atom. The number of rotatable bonds is 7. The van der Waals surface area contributed by atoms with E-state index in [4.69, 9.17) is 4.74 Å². The highest BCUT2D eigenvalue weighted by Gasteiger charge is 2.54. The summed E-state index contributed by atoms with van der Waals surface area (Å²) in [5.74, 6) is 2.12. The standard InChI is InChI=1S/C19H29N3O4S2/c1-26-4-3-22-16(11-20-28(2,24)25)12-27-18(22)21-17(23)19-8-13-5-14(9-19)7-15(6-13)10-19/h12-15,20H,3-11H2,1-2H3/b21-18-. The zero-order valence-electron chi connectivity index (χ0n) is 16.5. The van der Waals surface area contributed by atoms with Gasteiger partial charge in [-0.25, -0.2) is 13.1 Å². The molecule has 9 heteroatoms. The smallest absolute Gasteiger partial charge is 0.254 e. The van der Waals surface area contributed by atoms with E-state index in [-0.39, 0.29) is 17.9 Å². The Labute approximate surface area is 170 Å². The third kappa shape index (κ3) is 4.13. The summed E-state index contributed by atoms with van der Waals surface area (Å²) in [5, 5.41) is 1.87. The molecule has 0 radical (unpaired) electrons. The molecule has 4 bridgehead atoms. The first kappa shape index (κ1) is 20.3. The minimum Gasteiger partial charge on any atom is -0.383 e. The topological polar surface area (TPSA) is 89.8 Å². The van der Waals surface area contributed by atoms with E-state index < -0.39 is 10.0 Å². The summed E-state index contributed by atoms with van der Waals surface area (Å²) in [6.45, 7) is 1.19. The van der Waals surface area contributed by atoms with Crippen LogP contribution in [-0.4, -0.2) is 38.9 Å². The van der Waals surface area contributed by atoms with E-state index >= 15 is 0 Å². The maximum atomic E-state index is 13.3. The number of sulfonamides is 1. The maximum Gasteiger partial charge on any atom is 0.254 e. The van der Waals surface area contributed by atoms with Crippen LogP contribution in [0.4, 0.5) is 0 Å². The highest BCUT2D eigenvalue weighted by atomic mass is 32.2. The number of amides is 1. The Hall–Kier alpha value is -1.03. The Bertz CT molecular complexity index is 881. The van der Waals surface area contributed by atoms with Crippen molar-refractivity contribution in [1.29, 1.82) is 0 Å². The van der Waals surface area contributed by atoms with Crippen LogP contribution in [0, 0.1) is 23.2 Å². The highest BCUT2D eigenvalue weighted by molar-refractivity contribution is 7.88. The molecule has 1 amide bonds. The molecule has 28 heavy (non-hydrogen) atoms. The Morgan fingerprint density at radius 3 is 2.43 bits per heavy atom. The van der Waals surface area contributed by atoms with E-state index in [1.54, 1.807) is 7.11 Å². The summed E-state index contributed by atoms with van der Waals surface area (Å²) in [6, 6.07) is 0. The summed E-state index contributed by atoms with van der Waals surface area (Å²) < 4.78 is 32.5.